The molecule has 0 spiro atoms. The van der Waals surface area contributed by atoms with Crippen molar-refractivity contribution < 1.29 is 13.5 Å². The summed E-state index contributed by atoms with van der Waals surface area (Å²) in [4.78, 5) is -0.157. The minimum atomic E-state index is -1.02. The second-order valence-corrected chi connectivity index (χ2v) is 5.43. The molecule has 104 valence electrons. The SMILES string of the molecule is CC1(Nc2ccc(C(N)=S)c(F)c2F)CCCOC1. The van der Waals surface area contributed by atoms with E-state index in [4.69, 9.17) is 10.5 Å². The monoisotopic (exact) mass is 286 g/mol. The van der Waals surface area contributed by atoms with Crippen LogP contribution < -0.4 is 11.1 Å². The van der Waals surface area contributed by atoms with Crippen molar-refractivity contribution in [2.24, 2.45) is 5.73 Å². The lowest BCUT2D eigenvalue weighted by atomic mass is 9.94. The topological polar surface area (TPSA) is 47.3 Å². The Hall–Kier alpha value is -1.27. The Morgan fingerprint density at radius 3 is 2.74 bits per heavy atom. The first-order valence-electron chi connectivity index (χ1n) is 6.07. The van der Waals surface area contributed by atoms with Crippen molar-refractivity contribution >= 4 is 22.9 Å². The highest BCUT2D eigenvalue weighted by atomic mass is 32.1. The number of nitrogens with two attached hydrogens (primary N) is 1. The maximum Gasteiger partial charge on any atom is 0.182 e. The van der Waals surface area contributed by atoms with Crippen molar-refractivity contribution in [2.45, 2.75) is 25.3 Å². The molecule has 3 nitrogen and oxygen atoms in total. The van der Waals surface area contributed by atoms with Crippen LogP contribution in [-0.2, 0) is 4.74 Å². The fraction of sp³-hybridized carbons (Fsp3) is 0.462. The van der Waals surface area contributed by atoms with Crippen LogP contribution in [0.15, 0.2) is 12.1 Å². The first kappa shape index (κ1) is 14.1. The molecule has 1 saturated heterocycles. The molecule has 1 aromatic carbocycles. The lowest BCUT2D eigenvalue weighted by Crippen LogP contribution is -2.43. The molecule has 3 N–H and O–H groups in total. The molecule has 6 heteroatoms. The number of hydrogen-bond acceptors (Lipinski definition) is 3. The predicted octanol–water partition coefficient (Wildman–Crippen LogP) is 2.58. The van der Waals surface area contributed by atoms with Crippen LogP contribution in [-0.4, -0.2) is 23.7 Å². The summed E-state index contributed by atoms with van der Waals surface area (Å²) in [5.74, 6) is -1.98. The fourth-order valence-electron chi connectivity index (χ4n) is 2.19. The lowest BCUT2D eigenvalue weighted by molar-refractivity contribution is 0.0539. The van der Waals surface area contributed by atoms with E-state index in [-0.39, 0.29) is 16.2 Å². The van der Waals surface area contributed by atoms with Gasteiger partial charge >= 0.3 is 0 Å². The van der Waals surface area contributed by atoms with Crippen LogP contribution >= 0.6 is 12.2 Å². The lowest BCUT2D eigenvalue weighted by Gasteiger charge is -2.35. The van der Waals surface area contributed by atoms with E-state index in [1.807, 2.05) is 6.92 Å². The predicted molar refractivity (Wildman–Crippen MR) is 74.3 cm³/mol. The van der Waals surface area contributed by atoms with Gasteiger partial charge in [-0.25, -0.2) is 8.78 Å². The Kier molecular flexibility index (Phi) is 4.01. The molecule has 0 aliphatic carbocycles. The Labute approximate surface area is 116 Å². The standard InChI is InChI=1S/C13H16F2N2OS/c1-13(5-2-6-18-7-13)17-9-4-3-8(12(16)19)10(14)11(9)15/h3-4,17H,2,5-7H2,1H3,(H2,16,19). The molecule has 0 aromatic heterocycles. The van der Waals surface area contributed by atoms with Crippen molar-refractivity contribution in [1.82, 2.24) is 0 Å². The molecule has 1 aliphatic heterocycles. The highest BCUT2D eigenvalue weighted by molar-refractivity contribution is 7.80. The number of benzene rings is 1. The Morgan fingerprint density at radius 1 is 1.42 bits per heavy atom. The fourth-order valence-corrected chi connectivity index (χ4v) is 2.35. The van der Waals surface area contributed by atoms with Gasteiger partial charge in [0.25, 0.3) is 0 Å². The van der Waals surface area contributed by atoms with Gasteiger partial charge in [0.1, 0.15) is 4.99 Å². The van der Waals surface area contributed by atoms with Gasteiger partial charge in [-0.1, -0.05) is 12.2 Å². The molecule has 0 saturated carbocycles. The van der Waals surface area contributed by atoms with Gasteiger partial charge in [-0.2, -0.15) is 0 Å². The molecule has 1 heterocycles. The molecule has 1 aliphatic rings. The highest BCUT2D eigenvalue weighted by Gasteiger charge is 2.29. The van der Waals surface area contributed by atoms with E-state index in [9.17, 15) is 8.78 Å². The third-order valence-corrected chi connectivity index (χ3v) is 3.44. The first-order chi connectivity index (χ1) is 8.93. The zero-order chi connectivity index (χ0) is 14.0. The molecule has 1 fully saturated rings. The van der Waals surface area contributed by atoms with Gasteiger partial charge in [0.15, 0.2) is 11.6 Å². The van der Waals surface area contributed by atoms with E-state index in [1.54, 1.807) is 0 Å². The number of rotatable bonds is 3. The maximum atomic E-state index is 14.0. The molecule has 1 aromatic rings. The highest BCUT2D eigenvalue weighted by Crippen LogP contribution is 2.27. The third kappa shape index (κ3) is 3.01. The van der Waals surface area contributed by atoms with E-state index in [1.165, 1.54) is 12.1 Å². The van der Waals surface area contributed by atoms with Gasteiger partial charge in [0.2, 0.25) is 0 Å². The Balaban J connectivity index is 2.26. The van der Waals surface area contributed by atoms with Crippen LogP contribution in [0, 0.1) is 11.6 Å². The summed E-state index contributed by atoms with van der Waals surface area (Å²) in [6.07, 6.45) is 1.73. The summed E-state index contributed by atoms with van der Waals surface area (Å²) < 4.78 is 33.1. The largest absolute Gasteiger partial charge is 0.389 e. The smallest absolute Gasteiger partial charge is 0.182 e. The number of hydrogen-bond donors (Lipinski definition) is 2. The summed E-state index contributed by atoms with van der Waals surface area (Å²) in [5, 5.41) is 3.01. The van der Waals surface area contributed by atoms with E-state index < -0.39 is 17.2 Å². The molecular formula is C13H16F2N2OS. The number of anilines is 1. The summed E-state index contributed by atoms with van der Waals surface area (Å²) in [5.41, 5.74) is 4.96. The molecule has 0 radical (unpaired) electrons. The summed E-state index contributed by atoms with van der Waals surface area (Å²) in [6, 6.07) is 2.84. The van der Waals surface area contributed by atoms with E-state index in [0.717, 1.165) is 12.8 Å². The van der Waals surface area contributed by atoms with Gasteiger partial charge in [0, 0.05) is 12.2 Å². The zero-order valence-corrected chi connectivity index (χ0v) is 11.4. The average Bonchev–Trinajstić information content (AvgIpc) is 2.35. The van der Waals surface area contributed by atoms with Crippen molar-refractivity contribution in [3.63, 3.8) is 0 Å². The number of halogens is 2. The molecule has 1 unspecified atom stereocenters. The van der Waals surface area contributed by atoms with Gasteiger partial charge < -0.3 is 15.8 Å². The quantitative estimate of drug-likeness (QED) is 0.839. The summed E-state index contributed by atoms with van der Waals surface area (Å²) in [7, 11) is 0. The number of nitrogens with one attached hydrogen (secondary N) is 1. The Morgan fingerprint density at radius 2 is 2.16 bits per heavy atom. The minimum absolute atomic E-state index is 0.0805. The zero-order valence-electron chi connectivity index (χ0n) is 10.6. The van der Waals surface area contributed by atoms with Crippen LogP contribution in [0.25, 0.3) is 0 Å². The molecular weight excluding hydrogens is 270 g/mol. The van der Waals surface area contributed by atoms with E-state index >= 15 is 0 Å². The van der Waals surface area contributed by atoms with Gasteiger partial charge in [0.05, 0.1) is 17.8 Å². The van der Waals surface area contributed by atoms with E-state index in [0.29, 0.717) is 13.2 Å². The molecule has 0 bridgehead atoms. The van der Waals surface area contributed by atoms with Crippen molar-refractivity contribution in [2.75, 3.05) is 18.5 Å². The second kappa shape index (κ2) is 5.38. The van der Waals surface area contributed by atoms with Crippen molar-refractivity contribution in [1.29, 1.82) is 0 Å². The third-order valence-electron chi connectivity index (χ3n) is 3.22. The van der Waals surface area contributed by atoms with Crippen LogP contribution in [0.5, 0.6) is 0 Å². The summed E-state index contributed by atoms with van der Waals surface area (Å²) >= 11 is 4.67. The van der Waals surface area contributed by atoms with Gasteiger partial charge in [-0.05, 0) is 31.9 Å². The normalized spacial score (nSPS) is 23.1. The van der Waals surface area contributed by atoms with Crippen LogP contribution in [0.4, 0.5) is 14.5 Å². The molecule has 1 atom stereocenters. The summed E-state index contributed by atoms with van der Waals surface area (Å²) in [6.45, 7) is 3.09. The molecule has 2 rings (SSSR count). The Bertz CT molecular complexity index is 502. The average molecular weight is 286 g/mol. The molecule has 19 heavy (non-hydrogen) atoms. The van der Waals surface area contributed by atoms with Crippen LogP contribution in [0.2, 0.25) is 0 Å². The first-order valence-corrected chi connectivity index (χ1v) is 6.47. The number of ether oxygens (including phenoxy) is 1. The van der Waals surface area contributed by atoms with Crippen LogP contribution in [0.3, 0.4) is 0 Å². The minimum Gasteiger partial charge on any atom is -0.389 e. The van der Waals surface area contributed by atoms with Crippen molar-refractivity contribution in [3.05, 3.63) is 29.3 Å². The second-order valence-electron chi connectivity index (χ2n) is 4.99. The van der Waals surface area contributed by atoms with Crippen LogP contribution in [0.1, 0.15) is 25.3 Å². The van der Waals surface area contributed by atoms with Gasteiger partial charge in [-0.15, -0.1) is 0 Å². The maximum absolute atomic E-state index is 14.0. The van der Waals surface area contributed by atoms with Crippen molar-refractivity contribution in [3.8, 4) is 0 Å². The van der Waals surface area contributed by atoms with E-state index in [2.05, 4.69) is 17.5 Å². The number of thiocarbonyl (C=S) groups is 1. The molecule has 0 amide bonds. The van der Waals surface area contributed by atoms with Gasteiger partial charge in [-0.3, -0.25) is 0 Å².